The van der Waals surface area contributed by atoms with E-state index in [0.29, 0.717) is 0 Å². The maximum absolute atomic E-state index is 14.0. The Morgan fingerprint density at radius 3 is 2.34 bits per heavy atom. The smallest absolute Gasteiger partial charge is 0.337 e. The highest BCUT2D eigenvalue weighted by atomic mass is 16.5. The first-order valence-corrected chi connectivity index (χ1v) is 15.7. The summed E-state index contributed by atoms with van der Waals surface area (Å²) in [7, 11) is 0. The first-order chi connectivity index (χ1) is 21.4. The number of hydrogen-bond donors (Lipinski definition) is 2. The van der Waals surface area contributed by atoms with Gasteiger partial charge in [0.2, 0.25) is 0 Å². The molecule has 3 atom stereocenters. The van der Waals surface area contributed by atoms with Gasteiger partial charge in [-0.05, 0) is 87.2 Å². The van der Waals surface area contributed by atoms with Gasteiger partial charge in [0.05, 0.1) is 23.8 Å². The van der Waals surface area contributed by atoms with Crippen molar-refractivity contribution in [1.82, 2.24) is 4.90 Å². The van der Waals surface area contributed by atoms with E-state index in [9.17, 15) is 9.59 Å². The second kappa shape index (κ2) is 12.8. The third-order valence-electron chi connectivity index (χ3n) is 8.91. The van der Waals surface area contributed by atoms with Crippen LogP contribution in [0.1, 0.15) is 54.5 Å². The molecule has 0 unspecified atom stereocenters. The van der Waals surface area contributed by atoms with Crippen molar-refractivity contribution in [1.29, 1.82) is 0 Å². The number of hydrogen-bond acceptors (Lipinski definition) is 6. The molecule has 1 saturated heterocycles. The molecule has 228 valence electrons. The molecule has 0 saturated carbocycles. The van der Waals surface area contributed by atoms with Crippen molar-refractivity contribution in [3.63, 3.8) is 0 Å². The number of fused-ring (bicyclic) bond motifs is 2. The third-order valence-corrected chi connectivity index (χ3v) is 8.91. The van der Waals surface area contributed by atoms with Gasteiger partial charge in [-0.3, -0.25) is 9.69 Å². The Labute approximate surface area is 259 Å². The summed E-state index contributed by atoms with van der Waals surface area (Å²) in [6.07, 6.45) is 6.92. The fourth-order valence-electron chi connectivity index (χ4n) is 6.72. The molecule has 1 amide bonds. The number of piperidine rings is 1. The molecule has 0 aromatic heterocycles. The molecule has 6 rings (SSSR count). The highest BCUT2D eigenvalue weighted by Crippen LogP contribution is 2.51. The van der Waals surface area contributed by atoms with Crippen molar-refractivity contribution >= 4 is 23.3 Å². The summed E-state index contributed by atoms with van der Waals surface area (Å²) in [4.78, 5) is 30.3. The molecule has 44 heavy (non-hydrogen) atoms. The van der Waals surface area contributed by atoms with E-state index >= 15 is 0 Å². The van der Waals surface area contributed by atoms with Gasteiger partial charge in [-0.15, -0.1) is 0 Å². The summed E-state index contributed by atoms with van der Waals surface area (Å²) in [6, 6.07) is 23.8. The van der Waals surface area contributed by atoms with Crippen LogP contribution in [0.4, 0.5) is 11.4 Å². The fraction of sp³-hybridized carbons (Fsp3) is 0.351. The highest BCUT2D eigenvalue weighted by molar-refractivity contribution is 6.12. The van der Waals surface area contributed by atoms with E-state index < -0.39 is 23.7 Å². The number of aryl methyl sites for hydroxylation is 2. The Morgan fingerprint density at radius 2 is 1.66 bits per heavy atom. The quantitative estimate of drug-likeness (QED) is 0.203. The summed E-state index contributed by atoms with van der Waals surface area (Å²) in [5.74, 6) is -0.912. The Bertz CT molecular complexity index is 1550. The molecule has 7 nitrogen and oxygen atoms in total. The van der Waals surface area contributed by atoms with Crippen LogP contribution in [-0.4, -0.2) is 48.2 Å². The number of nitrogens with zero attached hydrogens (tertiary/aromatic N) is 1. The molecule has 3 heterocycles. The molecule has 3 aromatic carbocycles. The number of nitrogens with one attached hydrogen (secondary N) is 2. The average molecular weight is 592 g/mol. The topological polar surface area (TPSA) is 79.9 Å². The van der Waals surface area contributed by atoms with Gasteiger partial charge in [0.15, 0.2) is 0 Å². The van der Waals surface area contributed by atoms with Crippen LogP contribution in [0.25, 0.3) is 0 Å². The van der Waals surface area contributed by atoms with Crippen LogP contribution < -0.4 is 10.6 Å². The Kier molecular flexibility index (Phi) is 8.69. The zero-order valence-corrected chi connectivity index (χ0v) is 25.8. The molecule has 3 aliphatic heterocycles. The van der Waals surface area contributed by atoms with Gasteiger partial charge in [-0.2, -0.15) is 0 Å². The van der Waals surface area contributed by atoms with Gasteiger partial charge >= 0.3 is 5.97 Å². The number of likely N-dealkylation sites (tertiary alicyclic amines) is 1. The molecule has 1 fully saturated rings. The minimum absolute atomic E-state index is 0.181. The van der Waals surface area contributed by atoms with E-state index in [1.807, 2.05) is 74.5 Å². The zero-order chi connectivity index (χ0) is 30.7. The van der Waals surface area contributed by atoms with E-state index in [0.717, 1.165) is 47.7 Å². The summed E-state index contributed by atoms with van der Waals surface area (Å²) in [5, 5.41) is 6.73. The summed E-state index contributed by atoms with van der Waals surface area (Å²) >= 11 is 0. The van der Waals surface area contributed by atoms with Gasteiger partial charge in [-0.1, -0.05) is 73.2 Å². The Balaban J connectivity index is 1.40. The zero-order valence-electron chi connectivity index (χ0n) is 25.8. The lowest BCUT2D eigenvalue weighted by atomic mass is 9.78. The van der Waals surface area contributed by atoms with Gasteiger partial charge in [0.1, 0.15) is 11.7 Å². The van der Waals surface area contributed by atoms with Crippen molar-refractivity contribution in [2.45, 2.75) is 64.3 Å². The van der Waals surface area contributed by atoms with Gasteiger partial charge in [-0.25, -0.2) is 4.79 Å². The van der Waals surface area contributed by atoms with Gasteiger partial charge < -0.3 is 20.1 Å². The van der Waals surface area contributed by atoms with E-state index in [2.05, 4.69) is 39.8 Å². The first-order valence-electron chi connectivity index (χ1n) is 15.7. The summed E-state index contributed by atoms with van der Waals surface area (Å²) in [6.45, 7) is 9.03. The van der Waals surface area contributed by atoms with Crippen molar-refractivity contribution in [3.05, 3.63) is 118 Å². The van der Waals surface area contributed by atoms with E-state index in [1.54, 1.807) is 6.92 Å². The normalized spacial score (nSPS) is 21.8. The maximum Gasteiger partial charge on any atom is 0.337 e. The van der Waals surface area contributed by atoms with Crippen LogP contribution in [0.5, 0.6) is 0 Å². The monoisotopic (exact) mass is 591 g/mol. The predicted molar refractivity (Wildman–Crippen MR) is 173 cm³/mol. The predicted octanol–water partition coefficient (Wildman–Crippen LogP) is 6.65. The second-order valence-electron chi connectivity index (χ2n) is 11.9. The number of esters is 1. The van der Waals surface area contributed by atoms with Crippen molar-refractivity contribution in [3.8, 4) is 0 Å². The Morgan fingerprint density at radius 1 is 0.955 bits per heavy atom. The lowest BCUT2D eigenvalue weighted by Crippen LogP contribution is -2.42. The standard InChI is InChI=1S/C37H41N3O4/c1-4-43-36(42)32-31(35(41)39-33-25(2)12-11-13-26(33)3)30-20-21-37(32,44-30)34(38-29-14-7-5-8-15-29)28-18-16-27(17-19-28)24-40-22-9-6-10-23-40/h5,7-8,11-21,30,34,38H,4,6,9-10,22-24H2,1-3H3,(H,39,41)/t30-,34-,37+/m1/s1. The Hall–Kier alpha value is -4.20. The molecule has 0 aliphatic carbocycles. The second-order valence-corrected chi connectivity index (χ2v) is 11.9. The van der Waals surface area contributed by atoms with Crippen molar-refractivity contribution < 1.29 is 19.1 Å². The number of anilines is 2. The molecule has 2 bridgehead atoms. The van der Waals surface area contributed by atoms with Gasteiger partial charge in [0, 0.05) is 17.9 Å². The number of carbonyl (C=O) groups is 2. The SMILES string of the molecule is CCOC(=O)C1=C(C(=O)Nc2c(C)cccc2C)[C@H]2C=C[C@]1([C@H](Nc1ccccc1)c1ccc(CN3CCCCC3)cc1)O2. The number of benzene rings is 3. The molecule has 3 aliphatic rings. The van der Waals surface area contributed by atoms with Crippen LogP contribution in [0.15, 0.2) is 96.1 Å². The first kappa shape index (κ1) is 29.9. The van der Waals surface area contributed by atoms with E-state index in [4.69, 9.17) is 9.47 Å². The van der Waals surface area contributed by atoms with Crippen molar-refractivity contribution in [2.24, 2.45) is 0 Å². The largest absolute Gasteiger partial charge is 0.463 e. The van der Waals surface area contributed by atoms with Gasteiger partial charge in [0.25, 0.3) is 5.91 Å². The molecular formula is C37H41N3O4. The highest BCUT2D eigenvalue weighted by Gasteiger charge is 2.58. The minimum atomic E-state index is -1.26. The summed E-state index contributed by atoms with van der Waals surface area (Å²) < 4.78 is 12.3. The van der Waals surface area contributed by atoms with Crippen LogP contribution in [0.3, 0.4) is 0 Å². The number of rotatable bonds is 10. The van der Waals surface area contributed by atoms with Crippen molar-refractivity contribution in [2.75, 3.05) is 30.3 Å². The maximum atomic E-state index is 14.0. The van der Waals surface area contributed by atoms with Crippen LogP contribution >= 0.6 is 0 Å². The lowest BCUT2D eigenvalue weighted by molar-refractivity contribution is -0.140. The number of carbonyl (C=O) groups excluding carboxylic acids is 2. The fourth-order valence-corrected chi connectivity index (χ4v) is 6.72. The van der Waals surface area contributed by atoms with Crippen LogP contribution in [0.2, 0.25) is 0 Å². The molecule has 0 radical (unpaired) electrons. The lowest BCUT2D eigenvalue weighted by Gasteiger charge is -2.36. The molecule has 7 heteroatoms. The third kappa shape index (κ3) is 5.82. The number of para-hydroxylation sites is 2. The molecule has 0 spiro atoms. The average Bonchev–Trinajstić information content (AvgIpc) is 3.62. The number of ether oxygens (including phenoxy) is 2. The minimum Gasteiger partial charge on any atom is -0.463 e. The molecule has 3 aromatic rings. The van der Waals surface area contributed by atoms with E-state index in [1.165, 1.54) is 24.8 Å². The van der Waals surface area contributed by atoms with Crippen LogP contribution in [0, 0.1) is 13.8 Å². The number of amides is 1. The van der Waals surface area contributed by atoms with Crippen LogP contribution in [-0.2, 0) is 25.6 Å². The molecular weight excluding hydrogens is 550 g/mol. The molecule has 2 N–H and O–H groups in total. The van der Waals surface area contributed by atoms with E-state index in [-0.39, 0.29) is 23.7 Å². The summed E-state index contributed by atoms with van der Waals surface area (Å²) in [5.41, 5.74) is 4.95.